The molecule has 2 amide bonds. The van der Waals surface area contributed by atoms with Crippen LogP contribution in [0.15, 0.2) is 42.5 Å². The number of carbonyl (C=O) groups is 2. The Balaban J connectivity index is 1.49. The molecule has 7 nitrogen and oxygen atoms in total. The Morgan fingerprint density at radius 3 is 2.78 bits per heavy atom. The van der Waals surface area contributed by atoms with Gasteiger partial charge in [0.2, 0.25) is 5.91 Å². The second-order valence-corrected chi connectivity index (χ2v) is 6.61. The monoisotopic (exact) mass is 370 g/mol. The molecule has 2 aromatic carbocycles. The Labute approximate surface area is 155 Å². The van der Waals surface area contributed by atoms with Crippen molar-refractivity contribution in [2.75, 3.05) is 17.2 Å². The first-order chi connectivity index (χ1) is 13.0. The third-order valence-corrected chi connectivity index (χ3v) is 4.73. The molecule has 8 heteroatoms. The number of hydrogen-bond acceptors (Lipinski definition) is 5. The summed E-state index contributed by atoms with van der Waals surface area (Å²) in [5.74, 6) is -0.547. The van der Waals surface area contributed by atoms with Crippen molar-refractivity contribution in [3.05, 3.63) is 53.8 Å². The largest absolute Gasteiger partial charge is 0.479 e. The summed E-state index contributed by atoms with van der Waals surface area (Å²) in [4.78, 5) is 24.5. The zero-order valence-electron chi connectivity index (χ0n) is 14.6. The molecule has 0 aromatic heterocycles. The van der Waals surface area contributed by atoms with Gasteiger partial charge in [0.05, 0.1) is 17.6 Å². The third-order valence-electron chi connectivity index (χ3n) is 4.73. The highest BCUT2D eigenvalue weighted by Crippen LogP contribution is 2.33. The van der Waals surface area contributed by atoms with Gasteiger partial charge < -0.3 is 15.4 Å². The van der Waals surface area contributed by atoms with E-state index in [2.05, 4.69) is 21.5 Å². The lowest BCUT2D eigenvalue weighted by atomic mass is 9.94. The normalized spacial score (nSPS) is 23.9. The topological polar surface area (TPSA) is 91.5 Å². The number of ether oxygens (including phenoxy) is 1. The van der Waals surface area contributed by atoms with E-state index < -0.39 is 6.10 Å². The molecule has 0 radical (unpaired) electrons. The van der Waals surface area contributed by atoms with Gasteiger partial charge in [-0.2, -0.15) is 0 Å². The number of nitrogens with one attached hydrogen (secondary N) is 4. The number of halogens is 1. The molecule has 2 aliphatic rings. The molecule has 2 aliphatic heterocycles. The van der Waals surface area contributed by atoms with E-state index in [1.807, 2.05) is 0 Å². The van der Waals surface area contributed by atoms with Crippen LogP contribution in [0.25, 0.3) is 0 Å². The summed E-state index contributed by atoms with van der Waals surface area (Å²) in [6, 6.07) is 10.9. The number of rotatable bonds is 3. The Kier molecular flexibility index (Phi) is 4.51. The maximum atomic E-state index is 13.2. The summed E-state index contributed by atoms with van der Waals surface area (Å²) >= 11 is 0. The van der Waals surface area contributed by atoms with E-state index in [-0.39, 0.29) is 29.6 Å². The molecule has 0 spiro atoms. The molecule has 3 atom stereocenters. The van der Waals surface area contributed by atoms with Crippen molar-refractivity contribution >= 4 is 23.2 Å². The molecule has 140 valence electrons. The first-order valence-corrected chi connectivity index (χ1v) is 8.67. The number of benzene rings is 2. The first kappa shape index (κ1) is 17.4. The molecule has 0 aliphatic carbocycles. The lowest BCUT2D eigenvalue weighted by Gasteiger charge is -2.24. The summed E-state index contributed by atoms with van der Waals surface area (Å²) in [6.45, 7) is 2.11. The smallest absolute Gasteiger partial charge is 0.265 e. The standard InChI is InChI=1S/C19H19FN4O3/c1-10-18(25)23-15-8-13(6-7-16(15)27-10)22-19(26)14-9-21-24-17(14)11-2-4-12(20)5-3-11/h2-8,10,14,17,21,24H,9H2,1H3,(H,22,26)(H,23,25). The summed E-state index contributed by atoms with van der Waals surface area (Å²) in [5, 5.41) is 5.63. The van der Waals surface area contributed by atoms with Crippen LogP contribution in [0.1, 0.15) is 18.5 Å². The van der Waals surface area contributed by atoms with E-state index in [0.29, 0.717) is 23.7 Å². The number of hydrogen-bond donors (Lipinski definition) is 4. The minimum absolute atomic E-state index is 0.182. The second-order valence-electron chi connectivity index (χ2n) is 6.61. The first-order valence-electron chi connectivity index (χ1n) is 8.67. The molecular formula is C19H19FN4O3. The van der Waals surface area contributed by atoms with Crippen LogP contribution in [-0.4, -0.2) is 24.5 Å². The van der Waals surface area contributed by atoms with Gasteiger partial charge in [-0.15, -0.1) is 0 Å². The van der Waals surface area contributed by atoms with Gasteiger partial charge in [-0.3, -0.25) is 15.0 Å². The lowest BCUT2D eigenvalue weighted by Crippen LogP contribution is -2.34. The maximum Gasteiger partial charge on any atom is 0.265 e. The van der Waals surface area contributed by atoms with E-state index in [0.717, 1.165) is 5.56 Å². The second kappa shape index (κ2) is 6.98. The van der Waals surface area contributed by atoms with Crippen molar-refractivity contribution in [2.45, 2.75) is 19.1 Å². The zero-order valence-corrected chi connectivity index (χ0v) is 14.6. The number of anilines is 2. The van der Waals surface area contributed by atoms with Gasteiger partial charge in [-0.25, -0.2) is 9.82 Å². The van der Waals surface area contributed by atoms with Crippen molar-refractivity contribution in [2.24, 2.45) is 5.92 Å². The lowest BCUT2D eigenvalue weighted by molar-refractivity contribution is -0.122. The van der Waals surface area contributed by atoms with Gasteiger partial charge in [0.25, 0.3) is 5.91 Å². The fraction of sp³-hybridized carbons (Fsp3) is 0.263. The summed E-state index contributed by atoms with van der Waals surface area (Å²) in [6.07, 6.45) is -0.551. The molecule has 2 heterocycles. The van der Waals surface area contributed by atoms with Crippen LogP contribution in [0.3, 0.4) is 0 Å². The van der Waals surface area contributed by atoms with Crippen LogP contribution < -0.4 is 26.2 Å². The van der Waals surface area contributed by atoms with Crippen molar-refractivity contribution in [1.29, 1.82) is 0 Å². The fourth-order valence-electron chi connectivity index (χ4n) is 3.25. The highest BCUT2D eigenvalue weighted by atomic mass is 19.1. The maximum absolute atomic E-state index is 13.2. The van der Waals surface area contributed by atoms with Gasteiger partial charge in [0.1, 0.15) is 11.6 Å². The molecule has 2 aromatic rings. The van der Waals surface area contributed by atoms with Crippen molar-refractivity contribution in [1.82, 2.24) is 10.9 Å². The Bertz CT molecular complexity index is 887. The fourth-order valence-corrected chi connectivity index (χ4v) is 3.25. The average molecular weight is 370 g/mol. The van der Waals surface area contributed by atoms with E-state index in [9.17, 15) is 14.0 Å². The SMILES string of the molecule is CC1Oc2ccc(NC(=O)C3CNNC3c3ccc(F)cc3)cc2NC1=O. The van der Waals surface area contributed by atoms with Crippen LogP contribution in [-0.2, 0) is 9.59 Å². The molecule has 4 N–H and O–H groups in total. The minimum Gasteiger partial charge on any atom is -0.479 e. The van der Waals surface area contributed by atoms with Crippen LogP contribution in [0.2, 0.25) is 0 Å². The van der Waals surface area contributed by atoms with Gasteiger partial charge in [-0.1, -0.05) is 12.1 Å². The van der Waals surface area contributed by atoms with Crippen LogP contribution in [0, 0.1) is 11.7 Å². The van der Waals surface area contributed by atoms with Gasteiger partial charge in [0, 0.05) is 12.2 Å². The van der Waals surface area contributed by atoms with Crippen molar-refractivity contribution in [3.63, 3.8) is 0 Å². The van der Waals surface area contributed by atoms with E-state index in [1.54, 1.807) is 37.3 Å². The van der Waals surface area contributed by atoms with Crippen LogP contribution >= 0.6 is 0 Å². The molecule has 0 bridgehead atoms. The summed E-state index contributed by atoms with van der Waals surface area (Å²) in [7, 11) is 0. The minimum atomic E-state index is -0.551. The summed E-state index contributed by atoms with van der Waals surface area (Å²) < 4.78 is 18.7. The quantitative estimate of drug-likeness (QED) is 0.663. The third kappa shape index (κ3) is 3.49. The van der Waals surface area contributed by atoms with Gasteiger partial charge >= 0.3 is 0 Å². The number of fused-ring (bicyclic) bond motifs is 1. The molecule has 4 rings (SSSR count). The predicted molar refractivity (Wildman–Crippen MR) is 97.6 cm³/mol. The highest BCUT2D eigenvalue weighted by Gasteiger charge is 2.34. The zero-order chi connectivity index (χ0) is 19.0. The van der Waals surface area contributed by atoms with Gasteiger partial charge in [0.15, 0.2) is 6.10 Å². The molecule has 27 heavy (non-hydrogen) atoms. The van der Waals surface area contributed by atoms with Crippen LogP contribution in [0.4, 0.5) is 15.8 Å². The van der Waals surface area contributed by atoms with Crippen molar-refractivity contribution in [3.8, 4) is 5.75 Å². The summed E-state index contributed by atoms with van der Waals surface area (Å²) in [5.41, 5.74) is 7.94. The number of hydrazine groups is 1. The van der Waals surface area contributed by atoms with Crippen LogP contribution in [0.5, 0.6) is 5.75 Å². The number of amides is 2. The Morgan fingerprint density at radius 2 is 2.00 bits per heavy atom. The predicted octanol–water partition coefficient (Wildman–Crippen LogP) is 1.95. The molecular weight excluding hydrogens is 351 g/mol. The number of carbonyl (C=O) groups excluding carboxylic acids is 2. The highest BCUT2D eigenvalue weighted by molar-refractivity contribution is 5.99. The van der Waals surface area contributed by atoms with E-state index in [4.69, 9.17) is 4.74 Å². The molecule has 1 fully saturated rings. The molecule has 0 saturated carbocycles. The Hall–Kier alpha value is -2.97. The Morgan fingerprint density at radius 1 is 1.22 bits per heavy atom. The molecule has 1 saturated heterocycles. The van der Waals surface area contributed by atoms with E-state index in [1.165, 1.54) is 12.1 Å². The average Bonchev–Trinajstić information content (AvgIpc) is 3.13. The van der Waals surface area contributed by atoms with E-state index >= 15 is 0 Å². The molecule has 3 unspecified atom stereocenters. The van der Waals surface area contributed by atoms with Gasteiger partial charge in [-0.05, 0) is 42.8 Å². The van der Waals surface area contributed by atoms with Crippen molar-refractivity contribution < 1.29 is 18.7 Å².